The first-order chi connectivity index (χ1) is 6.83. The fourth-order valence-electron chi connectivity index (χ4n) is 0.780. The van der Waals surface area contributed by atoms with Gasteiger partial charge in [0.2, 0.25) is 0 Å². The Morgan fingerprint density at radius 1 is 1.06 bits per heavy atom. The summed E-state index contributed by atoms with van der Waals surface area (Å²) in [6.07, 6.45) is 9.58. The van der Waals surface area contributed by atoms with Crippen molar-refractivity contribution in [1.29, 1.82) is 0 Å². The van der Waals surface area contributed by atoms with Gasteiger partial charge in [0, 0.05) is 19.5 Å². The molecule has 0 fully saturated rings. The maximum atomic E-state index is 4.70. The van der Waals surface area contributed by atoms with Gasteiger partial charge in [-0.25, -0.2) is 0 Å². The summed E-state index contributed by atoms with van der Waals surface area (Å²) in [5.41, 5.74) is 3.10. The summed E-state index contributed by atoms with van der Waals surface area (Å²) in [7, 11) is 0. The van der Waals surface area contributed by atoms with Gasteiger partial charge < -0.3 is 6.92 Å². The van der Waals surface area contributed by atoms with Crippen LogP contribution >= 0.6 is 6.81 Å². The molecule has 0 heterocycles. The van der Waals surface area contributed by atoms with Crippen molar-refractivity contribution in [1.82, 2.24) is 0 Å². The van der Waals surface area contributed by atoms with Crippen LogP contribution in [-0.2, 0) is 50.8 Å². The van der Waals surface area contributed by atoms with E-state index in [0.29, 0.717) is 0 Å². The molecule has 0 aliphatic carbocycles. The van der Waals surface area contributed by atoms with Gasteiger partial charge in [0.15, 0.2) is 0 Å². The quantitative estimate of drug-likeness (QED) is 0.273. The molecule has 0 saturated carbocycles. The summed E-state index contributed by atoms with van der Waals surface area (Å²) in [5, 5.41) is 0. The molecule has 0 spiro atoms. The zero-order valence-electron chi connectivity index (χ0n) is 10.8. The van der Waals surface area contributed by atoms with Crippen LogP contribution in [0.15, 0.2) is 0 Å². The second-order valence-corrected chi connectivity index (χ2v) is 4.17. The molecule has 0 aliphatic rings. The van der Waals surface area contributed by atoms with Crippen molar-refractivity contribution < 1.29 is 39.0 Å². The van der Waals surface area contributed by atoms with Crippen molar-refractivity contribution in [2.75, 3.05) is 0 Å². The molecule has 0 nitrogen and oxygen atoms in total. The van der Waals surface area contributed by atoms with Gasteiger partial charge in [0.1, 0.15) is 0 Å². The fraction of sp³-hybridized carbons (Fsp3) is 0.750. The third kappa shape index (κ3) is 36.1. The van der Waals surface area contributed by atoms with E-state index in [1.165, 1.54) is 32.1 Å². The average molecular weight is 361 g/mol. The van der Waals surface area contributed by atoms with Crippen molar-refractivity contribution >= 4 is 18.6 Å². The SMILES string of the molecule is [CH2-]CCC.[CH2-]CCCCCCC#P=S.[Zn+2].[Zn]. The molecule has 0 N–H and O–H groups in total. The van der Waals surface area contributed by atoms with Gasteiger partial charge >= 0.3 is 89.2 Å². The van der Waals surface area contributed by atoms with Crippen LogP contribution in [0.2, 0.25) is 0 Å². The Labute approximate surface area is 134 Å². The van der Waals surface area contributed by atoms with E-state index in [4.69, 9.17) is 11.8 Å². The van der Waals surface area contributed by atoms with Crippen LogP contribution in [0, 0.1) is 19.5 Å². The molecule has 4 heteroatoms. The zero-order chi connectivity index (χ0) is 11.1. The summed E-state index contributed by atoms with van der Waals surface area (Å²) < 4.78 is 0. The predicted octanol–water partition coefficient (Wildman–Crippen LogP) is 5.14. The van der Waals surface area contributed by atoms with E-state index in [9.17, 15) is 0 Å². The molecule has 0 rings (SSSR count). The monoisotopic (exact) mass is 358 g/mol. The Bertz CT molecular complexity index is 176. The molecule has 0 amide bonds. The fourth-order valence-corrected chi connectivity index (χ4v) is 1.30. The number of hydrogen-bond acceptors (Lipinski definition) is 1. The van der Waals surface area contributed by atoms with E-state index < -0.39 is 0 Å². The Hall–Kier alpha value is 1.68. The molecular weight excluding hydrogens is 338 g/mol. The number of hydrogen-bond donors (Lipinski definition) is 0. The molecule has 16 heavy (non-hydrogen) atoms. The van der Waals surface area contributed by atoms with Crippen LogP contribution in [0.1, 0.15) is 58.3 Å². The van der Waals surface area contributed by atoms with Gasteiger partial charge in [-0.05, 0) is 0 Å². The largest absolute Gasteiger partial charge is 2.00 e. The van der Waals surface area contributed by atoms with Gasteiger partial charge in [0.25, 0.3) is 0 Å². The zero-order valence-corrected chi connectivity index (χ0v) is 18.5. The maximum Gasteiger partial charge on any atom is 2.00 e. The maximum absolute atomic E-state index is 4.70. The predicted molar refractivity (Wildman–Crippen MR) is 71.5 cm³/mol. The minimum absolute atomic E-state index is 0. The van der Waals surface area contributed by atoms with Gasteiger partial charge in [0.05, 0.1) is 0 Å². The Balaban J connectivity index is -0.000000105. The molecule has 0 aromatic rings. The summed E-state index contributed by atoms with van der Waals surface area (Å²) in [4.78, 5) is 0. The van der Waals surface area contributed by atoms with Gasteiger partial charge in [-0.3, -0.25) is 0 Å². The topological polar surface area (TPSA) is 0 Å². The van der Waals surface area contributed by atoms with E-state index in [1.807, 2.05) is 0 Å². The first kappa shape index (κ1) is 26.3. The second kappa shape index (κ2) is 30.1. The van der Waals surface area contributed by atoms with Crippen LogP contribution in [0.4, 0.5) is 0 Å². The van der Waals surface area contributed by atoms with E-state index in [-0.39, 0.29) is 39.0 Å². The van der Waals surface area contributed by atoms with Crippen LogP contribution in [-0.4, -0.2) is 0 Å². The standard InChI is InChI=1S/C8H14PS.C4H9.2Zn/c1-2-3-4-5-6-7-8-9-10;1-3-4-2;;/h1-7H2;1,3-4H2,2H3;;/q2*-1;;+2. The molecule has 0 radical (unpaired) electrons. The minimum Gasteiger partial charge on any atom is 0 e. The van der Waals surface area contributed by atoms with E-state index in [2.05, 4.69) is 26.4 Å². The van der Waals surface area contributed by atoms with Gasteiger partial charge in [-0.2, -0.15) is 6.42 Å². The van der Waals surface area contributed by atoms with E-state index >= 15 is 0 Å². The molecule has 0 unspecified atom stereocenters. The summed E-state index contributed by atoms with van der Waals surface area (Å²) in [6, 6.07) is 0. The number of rotatable bonds is 6. The van der Waals surface area contributed by atoms with Crippen LogP contribution in [0.3, 0.4) is 0 Å². The molecular formula is C12H23PSZn2. The molecule has 0 bridgehead atoms. The van der Waals surface area contributed by atoms with E-state index in [0.717, 1.165) is 26.1 Å². The van der Waals surface area contributed by atoms with Crippen molar-refractivity contribution in [2.45, 2.75) is 58.3 Å². The van der Waals surface area contributed by atoms with Gasteiger partial charge in [-0.15, -0.1) is 0 Å². The van der Waals surface area contributed by atoms with Crippen molar-refractivity contribution in [3.8, 4) is 5.63 Å². The molecule has 0 aromatic carbocycles. The molecule has 0 atom stereocenters. The number of unbranched alkanes of at least 4 members (excludes halogenated alkanes) is 6. The van der Waals surface area contributed by atoms with Crippen molar-refractivity contribution in [2.24, 2.45) is 0 Å². The first-order valence-corrected chi connectivity index (χ1v) is 7.37. The van der Waals surface area contributed by atoms with Crippen LogP contribution in [0.25, 0.3) is 0 Å². The second-order valence-electron chi connectivity index (χ2n) is 3.12. The van der Waals surface area contributed by atoms with Crippen LogP contribution in [0.5, 0.6) is 0 Å². The van der Waals surface area contributed by atoms with Crippen molar-refractivity contribution in [3.63, 3.8) is 0 Å². The third-order valence-electron chi connectivity index (χ3n) is 1.71. The van der Waals surface area contributed by atoms with Crippen molar-refractivity contribution in [3.05, 3.63) is 13.8 Å². The Morgan fingerprint density at radius 2 is 1.56 bits per heavy atom. The van der Waals surface area contributed by atoms with E-state index in [1.54, 1.807) is 0 Å². The summed E-state index contributed by atoms with van der Waals surface area (Å²) in [6.45, 7) is 10.4. The summed E-state index contributed by atoms with van der Waals surface area (Å²) in [5.74, 6) is 0. The Morgan fingerprint density at radius 3 is 1.94 bits per heavy atom. The molecule has 0 aliphatic heterocycles. The minimum atomic E-state index is 0. The Kier molecular flexibility index (Phi) is 49.4. The third-order valence-corrected chi connectivity index (χ3v) is 2.45. The average Bonchev–Trinajstić information content (AvgIpc) is 2.24. The summed E-state index contributed by atoms with van der Waals surface area (Å²) >= 11 is 4.70. The first-order valence-electron chi connectivity index (χ1n) is 5.47. The molecule has 0 aromatic heterocycles. The van der Waals surface area contributed by atoms with Gasteiger partial charge in [-0.1, -0.05) is 13.3 Å². The van der Waals surface area contributed by atoms with Crippen LogP contribution < -0.4 is 0 Å². The molecule has 86 valence electrons. The normalized spacial score (nSPS) is 7.44. The smallest absolute Gasteiger partial charge is 0 e. The molecule has 0 saturated heterocycles.